The lowest BCUT2D eigenvalue weighted by Gasteiger charge is -2.18. The van der Waals surface area contributed by atoms with E-state index in [0.29, 0.717) is 23.7 Å². The second-order valence-corrected chi connectivity index (χ2v) is 14.1. The summed E-state index contributed by atoms with van der Waals surface area (Å²) in [5.41, 5.74) is 6.33. The normalized spacial score (nSPS) is 22.3. The van der Waals surface area contributed by atoms with Crippen molar-refractivity contribution < 1.29 is 0 Å². The van der Waals surface area contributed by atoms with Gasteiger partial charge < -0.3 is 0 Å². The van der Waals surface area contributed by atoms with Gasteiger partial charge in [0.15, 0.2) is 0 Å². The predicted molar refractivity (Wildman–Crippen MR) is 191 cm³/mol. The van der Waals surface area contributed by atoms with Crippen LogP contribution in [0.15, 0.2) is 56.4 Å². The Morgan fingerprint density at radius 3 is 0.909 bits per heavy atom. The Labute approximate surface area is 266 Å². The van der Waals surface area contributed by atoms with Crippen LogP contribution in [0.25, 0.3) is 11.1 Å². The molecule has 0 saturated heterocycles. The summed E-state index contributed by atoms with van der Waals surface area (Å²) < 4.78 is 0. The maximum Gasteiger partial charge on any atom is 0.0888 e. The molecule has 234 valence electrons. The number of rotatable bonds is 9. The monoisotopic (exact) mass is 590 g/mol. The van der Waals surface area contributed by atoms with Crippen molar-refractivity contribution in [3.63, 3.8) is 0 Å². The summed E-state index contributed by atoms with van der Waals surface area (Å²) in [5.74, 6) is 2.38. The Morgan fingerprint density at radius 2 is 0.614 bits per heavy atom. The molecule has 4 fully saturated rings. The second kappa shape index (κ2) is 16.4. The average Bonchev–Trinajstić information content (AvgIpc) is 3.10. The van der Waals surface area contributed by atoms with E-state index in [0.717, 1.165) is 22.7 Å². The van der Waals surface area contributed by atoms with Crippen molar-refractivity contribution in [2.45, 2.75) is 128 Å². The third-order valence-electron chi connectivity index (χ3n) is 10.6. The van der Waals surface area contributed by atoms with Gasteiger partial charge in [0, 0.05) is 24.9 Å². The van der Waals surface area contributed by atoms with Crippen LogP contribution >= 0.6 is 0 Å². The van der Waals surface area contributed by atoms with Gasteiger partial charge in [-0.2, -0.15) is 0 Å². The Kier molecular flexibility index (Phi) is 11.6. The number of hydrogen-bond donors (Lipinski definition) is 0. The fraction of sp³-hybridized carbons (Fsp3) is 0.600. The van der Waals surface area contributed by atoms with Crippen molar-refractivity contribution in [1.29, 1.82) is 0 Å². The summed E-state index contributed by atoms with van der Waals surface area (Å²) in [6, 6.07) is 13.3. The average molecular weight is 591 g/mol. The highest BCUT2D eigenvalue weighted by Crippen LogP contribution is 2.38. The van der Waals surface area contributed by atoms with Gasteiger partial charge in [0.25, 0.3) is 0 Å². The summed E-state index contributed by atoms with van der Waals surface area (Å²) in [6.45, 7) is 0. The summed E-state index contributed by atoms with van der Waals surface area (Å²) in [5, 5.41) is 0. The molecule has 4 nitrogen and oxygen atoms in total. The molecule has 44 heavy (non-hydrogen) atoms. The standard InChI is InChI=1S/C40H54N4/c1-5-13-31(14-6-1)27-41-37-23-21-35(25-39(37)43-29-33-17-9-3-10-18-33)36-22-24-38(42-28-32-15-7-2-8-16-32)40(26-36)44-30-34-19-11-4-12-20-34/h21-34H,1-20H2/b41-27+,42-28+,43-29+,44-30+. The van der Waals surface area contributed by atoms with E-state index in [1.807, 2.05) is 0 Å². The van der Waals surface area contributed by atoms with Crippen LogP contribution in [0.1, 0.15) is 128 Å². The molecule has 4 aliphatic carbocycles. The van der Waals surface area contributed by atoms with Crippen LogP contribution in [-0.4, -0.2) is 24.9 Å². The van der Waals surface area contributed by atoms with E-state index in [4.69, 9.17) is 20.0 Å². The van der Waals surface area contributed by atoms with Gasteiger partial charge in [0.2, 0.25) is 0 Å². The van der Waals surface area contributed by atoms with Crippen molar-refractivity contribution in [3.8, 4) is 11.1 Å². The highest BCUT2D eigenvalue weighted by atomic mass is 14.8. The zero-order chi connectivity index (χ0) is 29.8. The first kappa shape index (κ1) is 31.1. The van der Waals surface area contributed by atoms with Crippen LogP contribution in [-0.2, 0) is 0 Å². The van der Waals surface area contributed by atoms with Gasteiger partial charge in [0.1, 0.15) is 0 Å². The lowest BCUT2D eigenvalue weighted by atomic mass is 9.90. The van der Waals surface area contributed by atoms with E-state index >= 15 is 0 Å². The van der Waals surface area contributed by atoms with Gasteiger partial charge >= 0.3 is 0 Å². The molecule has 4 heteroatoms. The molecule has 0 amide bonds. The summed E-state index contributed by atoms with van der Waals surface area (Å²) in [7, 11) is 0. The lowest BCUT2D eigenvalue weighted by Crippen LogP contribution is -2.07. The maximum absolute atomic E-state index is 5.11. The van der Waals surface area contributed by atoms with Gasteiger partial charge in [0.05, 0.1) is 22.7 Å². The quantitative estimate of drug-likeness (QED) is 0.261. The third-order valence-corrected chi connectivity index (χ3v) is 10.6. The van der Waals surface area contributed by atoms with Crippen molar-refractivity contribution >= 4 is 47.6 Å². The van der Waals surface area contributed by atoms with Crippen LogP contribution in [0.5, 0.6) is 0 Å². The zero-order valence-electron chi connectivity index (χ0n) is 27.0. The molecule has 0 atom stereocenters. The maximum atomic E-state index is 5.11. The van der Waals surface area contributed by atoms with Crippen LogP contribution in [0.2, 0.25) is 0 Å². The number of nitrogens with zero attached hydrogens (tertiary/aromatic N) is 4. The van der Waals surface area contributed by atoms with Gasteiger partial charge in [-0.1, -0.05) is 89.2 Å². The molecule has 0 N–H and O–H groups in total. The first-order valence-corrected chi connectivity index (χ1v) is 18.3. The van der Waals surface area contributed by atoms with E-state index in [2.05, 4.69) is 61.3 Å². The fourth-order valence-electron chi connectivity index (χ4n) is 7.71. The Balaban J connectivity index is 1.29. The van der Waals surface area contributed by atoms with E-state index in [1.54, 1.807) is 0 Å². The van der Waals surface area contributed by atoms with Crippen molar-refractivity contribution in [1.82, 2.24) is 0 Å². The SMILES string of the molecule is C(=N\c1ccc(-c2ccc(/N=C/C3CCCCC3)c(/N=C/C3CCCCC3)c2)cc1/N=C/C1CCCCC1)/C1CCCCC1. The molecule has 0 bridgehead atoms. The van der Waals surface area contributed by atoms with Crippen molar-refractivity contribution in [2.24, 2.45) is 43.6 Å². The van der Waals surface area contributed by atoms with Gasteiger partial charge in [-0.25, -0.2) is 0 Å². The molecule has 4 aliphatic rings. The molecule has 0 heterocycles. The molecule has 0 unspecified atom stereocenters. The number of benzene rings is 2. The fourth-order valence-corrected chi connectivity index (χ4v) is 7.71. The molecule has 4 saturated carbocycles. The van der Waals surface area contributed by atoms with E-state index < -0.39 is 0 Å². The van der Waals surface area contributed by atoms with Crippen LogP contribution in [0.3, 0.4) is 0 Å². The van der Waals surface area contributed by atoms with Crippen LogP contribution in [0.4, 0.5) is 22.7 Å². The van der Waals surface area contributed by atoms with Crippen molar-refractivity contribution in [2.75, 3.05) is 0 Å². The van der Waals surface area contributed by atoms with E-state index in [-0.39, 0.29) is 0 Å². The minimum Gasteiger partial charge on any atom is -0.259 e. The van der Waals surface area contributed by atoms with Gasteiger partial charge in [-0.15, -0.1) is 0 Å². The second-order valence-electron chi connectivity index (χ2n) is 14.1. The van der Waals surface area contributed by atoms with Crippen molar-refractivity contribution in [3.05, 3.63) is 36.4 Å². The van der Waals surface area contributed by atoms with Gasteiger partial charge in [-0.3, -0.25) is 20.0 Å². The minimum absolute atomic E-state index is 0.588. The summed E-state index contributed by atoms with van der Waals surface area (Å²) >= 11 is 0. The molecule has 0 aliphatic heterocycles. The van der Waals surface area contributed by atoms with E-state index in [1.165, 1.54) is 140 Å². The van der Waals surface area contributed by atoms with Crippen LogP contribution < -0.4 is 0 Å². The molecule has 6 rings (SSSR count). The highest BCUT2D eigenvalue weighted by Gasteiger charge is 2.16. The largest absolute Gasteiger partial charge is 0.259 e. The topological polar surface area (TPSA) is 49.4 Å². The first-order chi connectivity index (χ1) is 21.8. The molecular formula is C40H54N4. The minimum atomic E-state index is 0.588. The summed E-state index contributed by atoms with van der Waals surface area (Å²) in [4.78, 5) is 20.3. The van der Waals surface area contributed by atoms with E-state index in [9.17, 15) is 0 Å². The van der Waals surface area contributed by atoms with Crippen LogP contribution in [0, 0.1) is 23.7 Å². The first-order valence-electron chi connectivity index (χ1n) is 18.3. The highest BCUT2D eigenvalue weighted by molar-refractivity contribution is 5.84. The Hall–Kier alpha value is -2.88. The molecule has 2 aromatic carbocycles. The lowest BCUT2D eigenvalue weighted by molar-refractivity contribution is 0.445. The number of aliphatic imine (C=N–C) groups is 4. The smallest absolute Gasteiger partial charge is 0.0888 e. The number of hydrogen-bond acceptors (Lipinski definition) is 4. The van der Waals surface area contributed by atoms with Gasteiger partial charge in [-0.05, 0) is 110 Å². The molecule has 0 radical (unpaired) electrons. The third kappa shape index (κ3) is 9.08. The molecule has 0 aromatic heterocycles. The Morgan fingerprint density at radius 1 is 0.341 bits per heavy atom. The molecular weight excluding hydrogens is 536 g/mol. The Bertz CT molecular complexity index is 1200. The predicted octanol–water partition coefficient (Wildman–Crippen LogP) is 12.5. The molecule has 0 spiro atoms. The zero-order valence-corrected chi connectivity index (χ0v) is 27.0. The summed E-state index contributed by atoms with van der Waals surface area (Å²) in [6.07, 6.45) is 35.0. The molecule has 2 aromatic rings.